The summed E-state index contributed by atoms with van der Waals surface area (Å²) in [6.07, 6.45) is 0. The van der Waals surface area contributed by atoms with Gasteiger partial charge in [0, 0.05) is 4.91 Å². The summed E-state index contributed by atoms with van der Waals surface area (Å²) in [4.78, 5) is 13.4. The second kappa shape index (κ2) is 4.34. The van der Waals surface area contributed by atoms with Gasteiger partial charge >= 0.3 is 0 Å². The monoisotopic (exact) mass is 197 g/mol. The average molecular weight is 197 g/mol. The van der Waals surface area contributed by atoms with Crippen molar-refractivity contribution in [2.24, 2.45) is 5.11 Å². The molecule has 0 radical (unpaired) electrons. The minimum Gasteiger partial charge on any atom is -0.294 e. The average Bonchev–Trinajstić information content (AvgIpc) is 2.14. The molecule has 0 spiro atoms. The number of benzene rings is 1. The van der Waals surface area contributed by atoms with Gasteiger partial charge in [-0.1, -0.05) is 11.2 Å². The Kier molecular flexibility index (Phi) is 3.14. The van der Waals surface area contributed by atoms with Crippen molar-refractivity contribution >= 4 is 5.78 Å². The van der Waals surface area contributed by atoms with Crippen LogP contribution in [0.3, 0.4) is 0 Å². The first-order valence-electron chi connectivity index (χ1n) is 3.65. The fourth-order valence-electron chi connectivity index (χ4n) is 0.939. The molecule has 6 heteroatoms. The van der Waals surface area contributed by atoms with Crippen LogP contribution in [0.2, 0.25) is 0 Å². The maximum atomic E-state index is 12.9. The smallest absolute Gasteiger partial charge is 0.174 e. The lowest BCUT2D eigenvalue weighted by Crippen LogP contribution is -2.08. The number of nitrogens with zero attached hydrogens (tertiary/aromatic N) is 3. The van der Waals surface area contributed by atoms with Crippen LogP contribution in [0.4, 0.5) is 8.78 Å². The molecule has 0 amide bonds. The van der Waals surface area contributed by atoms with Crippen LogP contribution in [0.15, 0.2) is 23.3 Å². The fourth-order valence-corrected chi connectivity index (χ4v) is 0.939. The van der Waals surface area contributed by atoms with E-state index in [0.29, 0.717) is 0 Å². The van der Waals surface area contributed by atoms with Gasteiger partial charge in [-0.3, -0.25) is 4.79 Å². The van der Waals surface area contributed by atoms with Crippen LogP contribution in [-0.2, 0) is 0 Å². The molecule has 0 aliphatic rings. The Balaban J connectivity index is 3.05. The molecule has 0 heterocycles. The maximum Gasteiger partial charge on any atom is 0.174 e. The van der Waals surface area contributed by atoms with Gasteiger partial charge in [0.25, 0.3) is 0 Å². The van der Waals surface area contributed by atoms with Crippen LogP contribution < -0.4 is 0 Å². The Morgan fingerprint density at radius 2 is 2.00 bits per heavy atom. The molecule has 14 heavy (non-hydrogen) atoms. The minimum absolute atomic E-state index is 0.589. The van der Waals surface area contributed by atoms with Crippen molar-refractivity contribution in [2.75, 3.05) is 6.54 Å². The van der Waals surface area contributed by atoms with Crippen molar-refractivity contribution in [3.8, 4) is 0 Å². The summed E-state index contributed by atoms with van der Waals surface area (Å²) in [6.45, 7) is -0.589. The number of ketones is 1. The lowest BCUT2D eigenvalue weighted by molar-refractivity contribution is 0.0993. The Morgan fingerprint density at radius 3 is 2.50 bits per heavy atom. The molecular weight excluding hydrogens is 192 g/mol. The number of azide groups is 1. The molecule has 0 unspecified atom stereocenters. The highest BCUT2D eigenvalue weighted by atomic mass is 19.1. The van der Waals surface area contributed by atoms with Gasteiger partial charge in [-0.05, 0) is 17.7 Å². The van der Waals surface area contributed by atoms with Crippen LogP contribution in [0, 0.1) is 11.6 Å². The number of rotatable bonds is 3. The van der Waals surface area contributed by atoms with Crippen molar-refractivity contribution in [3.05, 3.63) is 45.8 Å². The molecule has 1 rings (SSSR count). The summed E-state index contributed by atoms with van der Waals surface area (Å²) in [5.74, 6) is -2.79. The zero-order valence-electron chi connectivity index (χ0n) is 6.94. The third kappa shape index (κ3) is 2.05. The molecule has 0 N–H and O–H groups in total. The van der Waals surface area contributed by atoms with Crippen LogP contribution in [-0.4, -0.2) is 12.3 Å². The molecule has 0 saturated heterocycles. The van der Waals surface area contributed by atoms with E-state index < -0.39 is 29.5 Å². The topological polar surface area (TPSA) is 65.8 Å². The number of Topliss-reactive ketones (excluding diaryl/α,β-unsaturated/α-hetero) is 1. The van der Waals surface area contributed by atoms with Crippen molar-refractivity contribution in [3.63, 3.8) is 0 Å². The van der Waals surface area contributed by atoms with Gasteiger partial charge in [-0.15, -0.1) is 0 Å². The van der Waals surface area contributed by atoms with Gasteiger partial charge in [-0.2, -0.15) is 0 Å². The van der Waals surface area contributed by atoms with E-state index in [1.807, 2.05) is 0 Å². The predicted octanol–water partition coefficient (Wildman–Crippen LogP) is 2.46. The summed E-state index contributed by atoms with van der Waals surface area (Å²) in [5, 5.41) is 2.93. The van der Waals surface area contributed by atoms with Crippen LogP contribution in [0.25, 0.3) is 10.4 Å². The maximum absolute atomic E-state index is 12.9. The second-order valence-electron chi connectivity index (χ2n) is 2.41. The Labute approximate surface area is 77.8 Å². The van der Waals surface area contributed by atoms with Gasteiger partial charge in [0.15, 0.2) is 5.78 Å². The highest BCUT2D eigenvalue weighted by Gasteiger charge is 2.15. The molecule has 4 nitrogen and oxygen atoms in total. The first-order valence-corrected chi connectivity index (χ1v) is 3.65. The number of carbonyl (C=O) groups excluding carboxylic acids is 1. The van der Waals surface area contributed by atoms with Crippen molar-refractivity contribution < 1.29 is 13.6 Å². The molecule has 0 saturated carbocycles. The van der Waals surface area contributed by atoms with Crippen LogP contribution in [0.1, 0.15) is 10.4 Å². The molecular formula is C8H5F2N3O. The first-order chi connectivity index (χ1) is 6.66. The van der Waals surface area contributed by atoms with E-state index >= 15 is 0 Å². The van der Waals surface area contributed by atoms with Gasteiger partial charge in [0.2, 0.25) is 0 Å². The molecule has 1 aromatic rings. The zero-order chi connectivity index (χ0) is 10.6. The molecule has 0 atom stereocenters. The summed E-state index contributed by atoms with van der Waals surface area (Å²) in [7, 11) is 0. The normalized spacial score (nSPS) is 9.29. The summed E-state index contributed by atoms with van der Waals surface area (Å²) in [5.41, 5.74) is 7.25. The summed E-state index contributed by atoms with van der Waals surface area (Å²) in [6, 6.07) is 3.08. The number of carbonyl (C=O) groups is 1. The number of hydrogen-bond donors (Lipinski definition) is 0. The molecule has 0 aromatic heterocycles. The van der Waals surface area contributed by atoms with Crippen molar-refractivity contribution in [1.29, 1.82) is 0 Å². The highest BCUT2D eigenvalue weighted by molar-refractivity contribution is 5.98. The van der Waals surface area contributed by atoms with Gasteiger partial charge in [0.05, 0.1) is 12.1 Å². The van der Waals surface area contributed by atoms with E-state index in [9.17, 15) is 13.6 Å². The van der Waals surface area contributed by atoms with Crippen LogP contribution in [0.5, 0.6) is 0 Å². The number of halogens is 2. The van der Waals surface area contributed by atoms with Gasteiger partial charge in [0.1, 0.15) is 11.6 Å². The van der Waals surface area contributed by atoms with E-state index in [2.05, 4.69) is 10.0 Å². The molecule has 0 fully saturated rings. The van der Waals surface area contributed by atoms with E-state index in [-0.39, 0.29) is 0 Å². The summed E-state index contributed by atoms with van der Waals surface area (Å²) < 4.78 is 25.9. The molecule has 0 bridgehead atoms. The fraction of sp³-hybridized carbons (Fsp3) is 0.125. The van der Waals surface area contributed by atoms with Gasteiger partial charge < -0.3 is 0 Å². The third-order valence-electron chi connectivity index (χ3n) is 1.52. The van der Waals surface area contributed by atoms with Gasteiger partial charge in [-0.25, -0.2) is 8.78 Å². The van der Waals surface area contributed by atoms with E-state index in [1.165, 1.54) is 0 Å². The highest BCUT2D eigenvalue weighted by Crippen LogP contribution is 2.12. The SMILES string of the molecule is [N-]=[N+]=NCC(=O)c1c(F)cccc1F. The number of hydrogen-bond acceptors (Lipinski definition) is 2. The molecule has 72 valence electrons. The summed E-state index contributed by atoms with van der Waals surface area (Å²) >= 11 is 0. The van der Waals surface area contributed by atoms with Crippen LogP contribution >= 0.6 is 0 Å². The predicted molar refractivity (Wildman–Crippen MR) is 44.7 cm³/mol. The lowest BCUT2D eigenvalue weighted by Gasteiger charge is -2.00. The Morgan fingerprint density at radius 1 is 1.43 bits per heavy atom. The lowest BCUT2D eigenvalue weighted by atomic mass is 10.1. The minimum atomic E-state index is -0.955. The standard InChI is InChI=1S/C8H5F2N3O/c9-5-2-1-3-6(10)8(5)7(14)4-12-13-11/h1-3H,4H2. The molecule has 0 aliphatic carbocycles. The first kappa shape index (κ1) is 10.1. The Bertz CT molecular complexity index is 393. The van der Waals surface area contributed by atoms with Crippen molar-refractivity contribution in [2.45, 2.75) is 0 Å². The van der Waals surface area contributed by atoms with E-state index in [0.717, 1.165) is 18.2 Å². The molecule has 1 aromatic carbocycles. The van der Waals surface area contributed by atoms with Crippen molar-refractivity contribution in [1.82, 2.24) is 0 Å². The zero-order valence-corrected chi connectivity index (χ0v) is 6.94. The third-order valence-corrected chi connectivity index (χ3v) is 1.52. The second-order valence-corrected chi connectivity index (χ2v) is 2.41. The van der Waals surface area contributed by atoms with E-state index in [1.54, 1.807) is 0 Å². The quantitative estimate of drug-likeness (QED) is 0.317. The van der Waals surface area contributed by atoms with E-state index in [4.69, 9.17) is 5.53 Å². The molecule has 0 aliphatic heterocycles. The largest absolute Gasteiger partial charge is 0.294 e. The Hall–Kier alpha value is -1.94.